The van der Waals surface area contributed by atoms with Crippen LogP contribution in [0.15, 0.2) is 0 Å². The summed E-state index contributed by atoms with van der Waals surface area (Å²) in [7, 11) is 1.60. The third-order valence-electron chi connectivity index (χ3n) is 1.98. The lowest BCUT2D eigenvalue weighted by Gasteiger charge is -2.35. The minimum Gasteiger partial charge on any atom is -0.387 e. The summed E-state index contributed by atoms with van der Waals surface area (Å²) >= 11 is 0. The predicted molar refractivity (Wildman–Crippen MR) is 37.4 cm³/mol. The molecule has 0 fully saturated rings. The molecule has 0 aliphatic rings. The highest BCUT2D eigenvalue weighted by atomic mass is 16.5. The second kappa shape index (κ2) is 2.27. The van der Waals surface area contributed by atoms with Crippen LogP contribution in [-0.2, 0) is 4.74 Å². The van der Waals surface area contributed by atoms with Crippen LogP contribution >= 0.6 is 0 Å². The Labute approximate surface area is 56.8 Å². The molecular formula is C7H16O2. The van der Waals surface area contributed by atoms with E-state index in [2.05, 4.69) is 0 Å². The predicted octanol–water partition coefficient (Wildman–Crippen LogP) is 1.18. The molecule has 0 bridgehead atoms. The van der Waals surface area contributed by atoms with Crippen molar-refractivity contribution in [3.63, 3.8) is 0 Å². The smallest absolute Gasteiger partial charge is 0.0902 e. The quantitative estimate of drug-likeness (QED) is 0.611. The number of aliphatic hydroxyl groups is 1. The first-order chi connectivity index (χ1) is 3.81. The van der Waals surface area contributed by atoms with Crippen LogP contribution < -0.4 is 0 Å². The van der Waals surface area contributed by atoms with Gasteiger partial charge < -0.3 is 9.84 Å². The minimum atomic E-state index is -0.776. The second-order valence-electron chi connectivity index (χ2n) is 3.27. The van der Waals surface area contributed by atoms with Gasteiger partial charge in [0.15, 0.2) is 0 Å². The monoisotopic (exact) mass is 132 g/mol. The first kappa shape index (κ1) is 8.92. The fraction of sp³-hybridized carbons (Fsp3) is 1.00. The van der Waals surface area contributed by atoms with E-state index in [0.717, 1.165) is 0 Å². The van der Waals surface area contributed by atoms with E-state index in [1.54, 1.807) is 21.0 Å². The third kappa shape index (κ3) is 1.95. The zero-order chi connectivity index (χ0) is 7.71. The van der Waals surface area contributed by atoms with Crippen LogP contribution in [0.2, 0.25) is 0 Å². The van der Waals surface area contributed by atoms with Crippen LogP contribution in [0.1, 0.15) is 27.7 Å². The normalized spacial score (nSPS) is 14.0. The van der Waals surface area contributed by atoms with Gasteiger partial charge in [-0.15, -0.1) is 0 Å². The SMILES string of the molecule is COC(C)(C)C(C)(C)O. The van der Waals surface area contributed by atoms with Crippen LogP contribution in [0.25, 0.3) is 0 Å². The topological polar surface area (TPSA) is 29.5 Å². The van der Waals surface area contributed by atoms with Crippen molar-refractivity contribution in [1.29, 1.82) is 0 Å². The molecule has 2 heteroatoms. The van der Waals surface area contributed by atoms with Gasteiger partial charge in [0.05, 0.1) is 11.2 Å². The standard InChI is InChI=1S/C7H16O2/c1-6(2,8)7(3,4)9-5/h8H,1-5H3. The Morgan fingerprint density at radius 2 is 1.44 bits per heavy atom. The van der Waals surface area contributed by atoms with Crippen molar-refractivity contribution in [2.45, 2.75) is 38.9 Å². The molecule has 0 saturated carbocycles. The summed E-state index contributed by atoms with van der Waals surface area (Å²) < 4.78 is 5.05. The van der Waals surface area contributed by atoms with Gasteiger partial charge in [-0.2, -0.15) is 0 Å². The van der Waals surface area contributed by atoms with Crippen LogP contribution in [0.3, 0.4) is 0 Å². The molecule has 0 heterocycles. The van der Waals surface area contributed by atoms with Gasteiger partial charge >= 0.3 is 0 Å². The molecule has 2 nitrogen and oxygen atoms in total. The molecule has 56 valence electrons. The summed E-state index contributed by atoms with van der Waals surface area (Å²) in [6.07, 6.45) is 0. The summed E-state index contributed by atoms with van der Waals surface area (Å²) in [6, 6.07) is 0. The average Bonchev–Trinajstić information content (AvgIpc) is 1.64. The Morgan fingerprint density at radius 3 is 1.44 bits per heavy atom. The first-order valence-corrected chi connectivity index (χ1v) is 3.09. The Bertz CT molecular complexity index is 89.6. The van der Waals surface area contributed by atoms with Crippen molar-refractivity contribution in [2.75, 3.05) is 7.11 Å². The fourth-order valence-electron chi connectivity index (χ4n) is 0.250. The highest BCUT2D eigenvalue weighted by Crippen LogP contribution is 2.23. The Kier molecular flexibility index (Phi) is 2.25. The molecule has 0 aliphatic heterocycles. The van der Waals surface area contributed by atoms with Crippen LogP contribution in [0.4, 0.5) is 0 Å². The van der Waals surface area contributed by atoms with Gasteiger partial charge in [-0.25, -0.2) is 0 Å². The molecule has 0 aliphatic carbocycles. The van der Waals surface area contributed by atoms with Crippen molar-refractivity contribution in [3.05, 3.63) is 0 Å². The van der Waals surface area contributed by atoms with Crippen molar-refractivity contribution >= 4 is 0 Å². The Balaban J connectivity index is 4.14. The lowest BCUT2D eigenvalue weighted by atomic mass is 9.90. The molecule has 0 rings (SSSR count). The van der Waals surface area contributed by atoms with Crippen LogP contribution in [-0.4, -0.2) is 23.4 Å². The van der Waals surface area contributed by atoms with E-state index >= 15 is 0 Å². The van der Waals surface area contributed by atoms with Gasteiger partial charge in [-0.05, 0) is 27.7 Å². The minimum absolute atomic E-state index is 0.465. The maximum Gasteiger partial charge on any atom is 0.0902 e. The first-order valence-electron chi connectivity index (χ1n) is 3.09. The molecule has 0 aromatic heterocycles. The molecule has 0 radical (unpaired) electrons. The number of ether oxygens (including phenoxy) is 1. The molecular weight excluding hydrogens is 116 g/mol. The van der Waals surface area contributed by atoms with Crippen LogP contribution in [0, 0.1) is 0 Å². The molecule has 0 spiro atoms. The van der Waals surface area contributed by atoms with Crippen molar-refractivity contribution in [2.24, 2.45) is 0 Å². The highest BCUT2D eigenvalue weighted by Gasteiger charge is 2.34. The lowest BCUT2D eigenvalue weighted by Crippen LogP contribution is -2.46. The largest absolute Gasteiger partial charge is 0.387 e. The van der Waals surface area contributed by atoms with E-state index in [-0.39, 0.29) is 0 Å². The van der Waals surface area contributed by atoms with E-state index in [0.29, 0.717) is 0 Å². The van der Waals surface area contributed by atoms with E-state index < -0.39 is 11.2 Å². The molecule has 0 amide bonds. The summed E-state index contributed by atoms with van der Waals surface area (Å²) in [4.78, 5) is 0. The van der Waals surface area contributed by atoms with E-state index in [4.69, 9.17) is 4.74 Å². The summed E-state index contributed by atoms with van der Waals surface area (Å²) in [6.45, 7) is 7.17. The molecule has 0 saturated heterocycles. The highest BCUT2D eigenvalue weighted by molar-refractivity contribution is 4.86. The lowest BCUT2D eigenvalue weighted by molar-refractivity contribution is -0.129. The molecule has 1 N–H and O–H groups in total. The van der Waals surface area contributed by atoms with Crippen LogP contribution in [0.5, 0.6) is 0 Å². The van der Waals surface area contributed by atoms with Gasteiger partial charge in [-0.1, -0.05) is 0 Å². The van der Waals surface area contributed by atoms with Gasteiger partial charge in [0.25, 0.3) is 0 Å². The maximum absolute atomic E-state index is 9.42. The van der Waals surface area contributed by atoms with Gasteiger partial charge in [0.2, 0.25) is 0 Å². The Hall–Kier alpha value is -0.0800. The molecule has 0 atom stereocenters. The number of methoxy groups -OCH3 is 1. The molecule has 9 heavy (non-hydrogen) atoms. The molecule has 0 unspecified atom stereocenters. The third-order valence-corrected chi connectivity index (χ3v) is 1.98. The number of hydrogen-bond acceptors (Lipinski definition) is 2. The second-order valence-corrected chi connectivity index (χ2v) is 3.27. The summed E-state index contributed by atoms with van der Waals surface area (Å²) in [5.41, 5.74) is -1.24. The zero-order valence-electron chi connectivity index (χ0n) is 6.86. The summed E-state index contributed by atoms with van der Waals surface area (Å²) in [5, 5.41) is 9.42. The molecule has 0 aromatic carbocycles. The van der Waals surface area contributed by atoms with Gasteiger partial charge in [0, 0.05) is 7.11 Å². The van der Waals surface area contributed by atoms with Crippen molar-refractivity contribution in [1.82, 2.24) is 0 Å². The van der Waals surface area contributed by atoms with E-state index in [1.807, 2.05) is 13.8 Å². The summed E-state index contributed by atoms with van der Waals surface area (Å²) in [5.74, 6) is 0. The zero-order valence-corrected chi connectivity index (χ0v) is 6.86. The van der Waals surface area contributed by atoms with E-state index in [9.17, 15) is 5.11 Å². The maximum atomic E-state index is 9.42. The van der Waals surface area contributed by atoms with E-state index in [1.165, 1.54) is 0 Å². The number of rotatable bonds is 2. The average molecular weight is 132 g/mol. The number of hydrogen-bond donors (Lipinski definition) is 1. The Morgan fingerprint density at radius 1 is 1.11 bits per heavy atom. The van der Waals surface area contributed by atoms with Crippen molar-refractivity contribution < 1.29 is 9.84 Å². The van der Waals surface area contributed by atoms with Gasteiger partial charge in [-0.3, -0.25) is 0 Å². The fourth-order valence-corrected chi connectivity index (χ4v) is 0.250. The van der Waals surface area contributed by atoms with Gasteiger partial charge in [0.1, 0.15) is 0 Å². The van der Waals surface area contributed by atoms with Crippen molar-refractivity contribution in [3.8, 4) is 0 Å². The molecule has 0 aromatic rings.